The summed E-state index contributed by atoms with van der Waals surface area (Å²) in [6, 6.07) is 4.56. The van der Waals surface area contributed by atoms with Crippen LogP contribution in [0.5, 0.6) is 5.75 Å². The lowest BCUT2D eigenvalue weighted by Gasteiger charge is -2.12. The molecule has 1 rings (SSSR count). The lowest BCUT2D eigenvalue weighted by molar-refractivity contribution is -0.174. The van der Waals surface area contributed by atoms with E-state index in [1.165, 1.54) is 6.07 Å². The SMILES string of the molecule is CNCc1cccc(F)c1OCCCOCC(F)(F)F. The molecule has 0 atom stereocenters. The van der Waals surface area contributed by atoms with Gasteiger partial charge in [0.05, 0.1) is 13.2 Å². The number of hydrogen-bond acceptors (Lipinski definition) is 3. The average molecular weight is 295 g/mol. The van der Waals surface area contributed by atoms with Crippen molar-refractivity contribution in [2.75, 3.05) is 26.9 Å². The molecule has 0 radical (unpaired) electrons. The molecule has 114 valence electrons. The van der Waals surface area contributed by atoms with Gasteiger partial charge in [0.1, 0.15) is 6.61 Å². The summed E-state index contributed by atoms with van der Waals surface area (Å²) in [6.07, 6.45) is -4.07. The zero-order chi connectivity index (χ0) is 15.0. The molecule has 0 saturated carbocycles. The van der Waals surface area contributed by atoms with Gasteiger partial charge in [-0.1, -0.05) is 12.1 Å². The van der Waals surface area contributed by atoms with Gasteiger partial charge in [-0.15, -0.1) is 0 Å². The topological polar surface area (TPSA) is 30.5 Å². The Morgan fingerprint density at radius 1 is 1.20 bits per heavy atom. The molecule has 0 aromatic heterocycles. The second-order valence-corrected chi connectivity index (χ2v) is 4.13. The first kappa shape index (κ1) is 16.7. The number of alkyl halides is 3. The third-order valence-electron chi connectivity index (χ3n) is 2.36. The van der Waals surface area contributed by atoms with Crippen molar-refractivity contribution in [2.45, 2.75) is 19.1 Å². The third-order valence-corrected chi connectivity index (χ3v) is 2.36. The Morgan fingerprint density at radius 3 is 2.60 bits per heavy atom. The first-order chi connectivity index (χ1) is 9.44. The highest BCUT2D eigenvalue weighted by atomic mass is 19.4. The van der Waals surface area contributed by atoms with Gasteiger partial charge in [0.15, 0.2) is 11.6 Å². The maximum absolute atomic E-state index is 13.6. The van der Waals surface area contributed by atoms with E-state index in [1.807, 2.05) is 0 Å². The first-order valence-corrected chi connectivity index (χ1v) is 6.13. The molecule has 0 unspecified atom stereocenters. The quantitative estimate of drug-likeness (QED) is 0.591. The molecule has 0 saturated heterocycles. The van der Waals surface area contributed by atoms with E-state index in [0.717, 1.165) is 0 Å². The number of para-hydroxylation sites is 1. The fraction of sp³-hybridized carbons (Fsp3) is 0.538. The summed E-state index contributed by atoms with van der Waals surface area (Å²) >= 11 is 0. The number of halogens is 4. The van der Waals surface area contributed by atoms with Gasteiger partial charge in [-0.3, -0.25) is 0 Å². The van der Waals surface area contributed by atoms with Crippen LogP contribution in [0.15, 0.2) is 18.2 Å². The zero-order valence-corrected chi connectivity index (χ0v) is 11.1. The Kier molecular flexibility index (Phi) is 6.74. The minimum Gasteiger partial charge on any atom is -0.490 e. The summed E-state index contributed by atoms with van der Waals surface area (Å²) < 4.78 is 58.7. The van der Waals surface area contributed by atoms with Crippen molar-refractivity contribution >= 4 is 0 Å². The molecular weight excluding hydrogens is 278 g/mol. The van der Waals surface area contributed by atoms with Crippen molar-refractivity contribution in [2.24, 2.45) is 0 Å². The van der Waals surface area contributed by atoms with E-state index < -0.39 is 18.6 Å². The highest BCUT2D eigenvalue weighted by Gasteiger charge is 2.27. The molecule has 1 aromatic carbocycles. The van der Waals surface area contributed by atoms with Crippen LogP contribution in [0.4, 0.5) is 17.6 Å². The molecule has 0 aliphatic carbocycles. The normalized spacial score (nSPS) is 11.7. The van der Waals surface area contributed by atoms with Crippen LogP contribution in [-0.4, -0.2) is 33.0 Å². The predicted molar refractivity (Wildman–Crippen MR) is 66.1 cm³/mol. The number of rotatable bonds is 8. The van der Waals surface area contributed by atoms with Crippen LogP contribution in [0.1, 0.15) is 12.0 Å². The summed E-state index contributed by atoms with van der Waals surface area (Å²) in [5.41, 5.74) is 0.656. The van der Waals surface area contributed by atoms with Crippen molar-refractivity contribution < 1.29 is 27.0 Å². The van der Waals surface area contributed by atoms with E-state index in [1.54, 1.807) is 19.2 Å². The zero-order valence-electron chi connectivity index (χ0n) is 11.1. The van der Waals surface area contributed by atoms with Crippen LogP contribution in [0.3, 0.4) is 0 Å². The molecule has 0 spiro atoms. The van der Waals surface area contributed by atoms with Crippen molar-refractivity contribution in [3.63, 3.8) is 0 Å². The Morgan fingerprint density at radius 2 is 1.95 bits per heavy atom. The van der Waals surface area contributed by atoms with E-state index >= 15 is 0 Å². The van der Waals surface area contributed by atoms with Crippen LogP contribution >= 0.6 is 0 Å². The molecule has 1 N–H and O–H groups in total. The molecule has 0 fully saturated rings. The van der Waals surface area contributed by atoms with Gasteiger partial charge in [-0.2, -0.15) is 13.2 Å². The maximum atomic E-state index is 13.6. The number of hydrogen-bond donors (Lipinski definition) is 1. The maximum Gasteiger partial charge on any atom is 0.411 e. The Balaban J connectivity index is 2.35. The number of ether oxygens (including phenoxy) is 2. The molecule has 1 aromatic rings. The number of benzene rings is 1. The Hall–Kier alpha value is -1.34. The van der Waals surface area contributed by atoms with E-state index in [-0.39, 0.29) is 25.4 Å². The van der Waals surface area contributed by atoms with E-state index in [9.17, 15) is 17.6 Å². The van der Waals surface area contributed by atoms with Crippen LogP contribution in [0, 0.1) is 5.82 Å². The molecule has 0 aliphatic rings. The molecule has 0 amide bonds. The van der Waals surface area contributed by atoms with E-state index in [2.05, 4.69) is 10.1 Å². The van der Waals surface area contributed by atoms with Crippen molar-refractivity contribution in [1.29, 1.82) is 0 Å². The summed E-state index contributed by atoms with van der Waals surface area (Å²) in [6.45, 7) is -0.833. The van der Waals surface area contributed by atoms with Gasteiger partial charge in [0.2, 0.25) is 0 Å². The molecule has 0 bridgehead atoms. The Labute approximate surface area is 114 Å². The largest absolute Gasteiger partial charge is 0.490 e. The van der Waals surface area contributed by atoms with Crippen LogP contribution in [0.2, 0.25) is 0 Å². The predicted octanol–water partition coefficient (Wildman–Crippen LogP) is 2.89. The second-order valence-electron chi connectivity index (χ2n) is 4.13. The highest BCUT2D eigenvalue weighted by molar-refractivity contribution is 5.34. The first-order valence-electron chi connectivity index (χ1n) is 6.13. The monoisotopic (exact) mass is 295 g/mol. The minimum absolute atomic E-state index is 0.0880. The second kappa shape index (κ2) is 8.06. The van der Waals surface area contributed by atoms with E-state index in [4.69, 9.17) is 4.74 Å². The van der Waals surface area contributed by atoms with Gasteiger partial charge >= 0.3 is 6.18 Å². The lowest BCUT2D eigenvalue weighted by atomic mass is 10.2. The fourth-order valence-electron chi connectivity index (χ4n) is 1.57. The van der Waals surface area contributed by atoms with Gasteiger partial charge in [0, 0.05) is 18.5 Å². The lowest BCUT2D eigenvalue weighted by Crippen LogP contribution is -2.18. The molecule has 7 heteroatoms. The molecular formula is C13H17F4NO2. The summed E-state index contributed by atoms with van der Waals surface area (Å²) in [5, 5.41) is 2.88. The van der Waals surface area contributed by atoms with Crippen LogP contribution in [-0.2, 0) is 11.3 Å². The van der Waals surface area contributed by atoms with Gasteiger partial charge in [-0.05, 0) is 13.1 Å². The number of nitrogens with one attached hydrogen (secondary N) is 1. The van der Waals surface area contributed by atoms with Gasteiger partial charge in [-0.25, -0.2) is 4.39 Å². The molecule has 20 heavy (non-hydrogen) atoms. The van der Waals surface area contributed by atoms with E-state index in [0.29, 0.717) is 12.1 Å². The fourth-order valence-corrected chi connectivity index (χ4v) is 1.57. The smallest absolute Gasteiger partial charge is 0.411 e. The van der Waals surface area contributed by atoms with Crippen molar-refractivity contribution in [3.05, 3.63) is 29.6 Å². The minimum atomic E-state index is -4.33. The molecule has 3 nitrogen and oxygen atoms in total. The summed E-state index contributed by atoms with van der Waals surface area (Å²) in [4.78, 5) is 0. The van der Waals surface area contributed by atoms with Crippen molar-refractivity contribution in [3.8, 4) is 5.75 Å². The standard InChI is InChI=1S/C13H17F4NO2/c1-18-8-10-4-2-5-11(14)12(10)20-7-3-6-19-9-13(15,16)17/h2,4-5,18H,3,6-9H2,1H3. The average Bonchev–Trinajstić information content (AvgIpc) is 2.35. The third kappa shape index (κ3) is 6.21. The summed E-state index contributed by atoms with van der Waals surface area (Å²) in [7, 11) is 1.72. The highest BCUT2D eigenvalue weighted by Crippen LogP contribution is 2.22. The van der Waals surface area contributed by atoms with Gasteiger partial charge < -0.3 is 14.8 Å². The van der Waals surface area contributed by atoms with Crippen LogP contribution in [0.25, 0.3) is 0 Å². The van der Waals surface area contributed by atoms with Crippen molar-refractivity contribution in [1.82, 2.24) is 5.32 Å². The van der Waals surface area contributed by atoms with Crippen LogP contribution < -0.4 is 10.1 Å². The Bertz CT molecular complexity index is 410. The van der Waals surface area contributed by atoms with Gasteiger partial charge in [0.25, 0.3) is 0 Å². The molecule has 0 heterocycles. The molecule has 0 aliphatic heterocycles. The summed E-state index contributed by atoms with van der Waals surface area (Å²) in [5.74, 6) is -0.369.